The molecule has 0 radical (unpaired) electrons. The van der Waals surface area contributed by atoms with Crippen LogP contribution in [0.25, 0.3) is 11.4 Å². The van der Waals surface area contributed by atoms with E-state index in [0.29, 0.717) is 13.0 Å². The van der Waals surface area contributed by atoms with Crippen molar-refractivity contribution in [3.8, 4) is 17.1 Å². The van der Waals surface area contributed by atoms with Gasteiger partial charge in [0.2, 0.25) is 11.7 Å². The lowest BCUT2D eigenvalue weighted by Crippen LogP contribution is -2.48. The highest BCUT2D eigenvalue weighted by molar-refractivity contribution is 7.91. The molecule has 224 valence electrons. The van der Waals surface area contributed by atoms with Gasteiger partial charge in [0.05, 0.1) is 34.5 Å². The minimum Gasteiger partial charge on any atom is -0.406 e. The van der Waals surface area contributed by atoms with Crippen molar-refractivity contribution >= 4 is 33.8 Å². The van der Waals surface area contributed by atoms with Crippen molar-refractivity contribution in [1.29, 1.82) is 0 Å². The van der Waals surface area contributed by atoms with E-state index in [1.54, 1.807) is 0 Å². The number of carbonyl (C=O) groups excluding carboxylic acids is 1. The number of hydrogen-bond acceptors (Lipinski definition) is 9. The molecule has 0 spiro atoms. The highest BCUT2D eigenvalue weighted by Crippen LogP contribution is 2.39. The first-order valence-electron chi connectivity index (χ1n) is 11.0. The van der Waals surface area contributed by atoms with Gasteiger partial charge < -0.3 is 25.6 Å². The van der Waals surface area contributed by atoms with Gasteiger partial charge in [0.1, 0.15) is 11.6 Å². The van der Waals surface area contributed by atoms with Gasteiger partial charge in [-0.25, -0.2) is 12.8 Å². The first kappa shape index (κ1) is 32.0. The number of alkyl halides is 6. The molecule has 2 atom stereocenters. The van der Waals surface area contributed by atoms with Gasteiger partial charge in [-0.15, -0.1) is 25.6 Å². The molecule has 10 nitrogen and oxygen atoms in total. The number of amides is 1. The second-order valence-corrected chi connectivity index (χ2v) is 10.9. The quantitative estimate of drug-likeness (QED) is 0.401. The van der Waals surface area contributed by atoms with Crippen molar-refractivity contribution in [2.75, 3.05) is 10.7 Å². The summed E-state index contributed by atoms with van der Waals surface area (Å²) >= 11 is 0. The Morgan fingerprint density at radius 3 is 2.29 bits per heavy atom. The third kappa shape index (κ3) is 6.39. The van der Waals surface area contributed by atoms with Crippen molar-refractivity contribution in [1.82, 2.24) is 10.1 Å². The van der Waals surface area contributed by atoms with Gasteiger partial charge >= 0.3 is 12.5 Å². The van der Waals surface area contributed by atoms with Crippen LogP contribution >= 0.6 is 12.4 Å². The third-order valence-electron chi connectivity index (χ3n) is 5.85. The molecule has 0 saturated heterocycles. The third-order valence-corrected chi connectivity index (χ3v) is 7.65. The molecule has 0 fully saturated rings. The maximum Gasteiger partial charge on any atom is 0.573 e. The van der Waals surface area contributed by atoms with E-state index in [4.69, 9.17) is 11.5 Å². The van der Waals surface area contributed by atoms with Crippen LogP contribution in [-0.4, -0.2) is 48.8 Å². The smallest absolute Gasteiger partial charge is 0.406 e. The van der Waals surface area contributed by atoms with Crippen molar-refractivity contribution < 1.29 is 53.2 Å². The Labute approximate surface area is 232 Å². The van der Waals surface area contributed by atoms with Gasteiger partial charge in [0, 0.05) is 0 Å². The van der Waals surface area contributed by atoms with E-state index in [1.165, 1.54) is 0 Å². The van der Waals surface area contributed by atoms with Gasteiger partial charge in [-0.2, -0.15) is 18.2 Å². The number of carbonyl (C=O) groups is 1. The highest BCUT2D eigenvalue weighted by atomic mass is 35.5. The molecule has 19 heteroatoms. The molecule has 0 aliphatic carbocycles. The van der Waals surface area contributed by atoms with Gasteiger partial charge in [-0.3, -0.25) is 4.79 Å². The molecule has 1 aliphatic heterocycles. The molecule has 41 heavy (non-hydrogen) atoms. The summed E-state index contributed by atoms with van der Waals surface area (Å²) in [6.45, 7) is 0.0932. The van der Waals surface area contributed by atoms with E-state index in [2.05, 4.69) is 19.4 Å². The Kier molecular flexibility index (Phi) is 8.39. The van der Waals surface area contributed by atoms with E-state index in [-0.39, 0.29) is 18.0 Å². The van der Waals surface area contributed by atoms with Crippen molar-refractivity contribution in [3.63, 3.8) is 0 Å². The number of halogens is 8. The number of fused-ring (bicyclic) bond motifs is 1. The molecule has 4 N–H and O–H groups in total. The number of nitrogens with two attached hydrogens (primary N) is 2. The largest absolute Gasteiger partial charge is 0.573 e. The lowest BCUT2D eigenvalue weighted by molar-refractivity contribution is -0.274. The van der Waals surface area contributed by atoms with Crippen LogP contribution < -0.4 is 21.1 Å². The molecule has 1 aromatic heterocycles. The lowest BCUT2D eigenvalue weighted by Gasteiger charge is -2.25. The van der Waals surface area contributed by atoms with Crippen LogP contribution in [0.2, 0.25) is 0 Å². The summed E-state index contributed by atoms with van der Waals surface area (Å²) < 4.78 is 127. The molecular formula is C22H19ClF7N5O5S. The van der Waals surface area contributed by atoms with Gasteiger partial charge in [-0.1, -0.05) is 17.3 Å². The molecule has 0 saturated carbocycles. The zero-order chi connectivity index (χ0) is 29.8. The molecule has 1 unspecified atom stereocenters. The Balaban J connectivity index is 0.00000462. The summed E-state index contributed by atoms with van der Waals surface area (Å²) in [4.78, 5) is 16.8. The Morgan fingerprint density at radius 1 is 1.12 bits per heavy atom. The molecule has 1 amide bonds. The summed E-state index contributed by atoms with van der Waals surface area (Å²) in [5.41, 5.74) is 7.06. The van der Waals surface area contributed by atoms with E-state index in [1.807, 2.05) is 0 Å². The van der Waals surface area contributed by atoms with Crippen LogP contribution in [-0.2, 0) is 26.7 Å². The van der Waals surface area contributed by atoms with Gasteiger partial charge in [0.25, 0.3) is 5.89 Å². The number of benzene rings is 2. The average molecular weight is 634 g/mol. The maximum atomic E-state index is 15.1. The van der Waals surface area contributed by atoms with Crippen LogP contribution in [0.4, 0.5) is 36.4 Å². The standard InChI is InChI=1S/C22H18F7N5O5S.ClH/c1-20(31,21(24,25)26)19-32-17(33-39-19)12-6-15-16(7-13(12)23)40(36,37)9-14(30)18(35)34(15)8-10-2-4-11(5-3-10)38-22(27,28)29;/h2-7,14H,8-9,30-31H2,1H3;1H/t14-,20?;/m0./s1. The van der Waals surface area contributed by atoms with Crippen LogP contribution in [0, 0.1) is 5.82 Å². The predicted molar refractivity (Wildman–Crippen MR) is 129 cm³/mol. The van der Waals surface area contributed by atoms with Gasteiger partial charge in [0.15, 0.2) is 15.4 Å². The molecular weight excluding hydrogens is 615 g/mol. The highest BCUT2D eigenvalue weighted by Gasteiger charge is 2.54. The minimum absolute atomic E-state index is 0. The zero-order valence-electron chi connectivity index (χ0n) is 20.5. The van der Waals surface area contributed by atoms with Gasteiger partial charge in [-0.05, 0) is 36.8 Å². The van der Waals surface area contributed by atoms with E-state index >= 15 is 4.39 Å². The average Bonchev–Trinajstić information content (AvgIpc) is 3.30. The second-order valence-electron chi connectivity index (χ2n) is 8.93. The lowest BCUT2D eigenvalue weighted by atomic mass is 10.0. The number of aromatic nitrogens is 2. The molecule has 2 aromatic carbocycles. The molecule has 0 bridgehead atoms. The van der Waals surface area contributed by atoms with E-state index in [9.17, 15) is 39.6 Å². The van der Waals surface area contributed by atoms with Crippen molar-refractivity contribution in [2.45, 2.75) is 42.5 Å². The SMILES string of the molecule is CC(N)(c1nc(-c2cc3c(cc2F)S(=O)(=O)C[C@H](N)C(=O)N3Cc2ccc(OC(F)(F)F)cc2)no1)C(F)(F)F.Cl. The van der Waals surface area contributed by atoms with Crippen LogP contribution in [0.15, 0.2) is 45.8 Å². The summed E-state index contributed by atoms with van der Waals surface area (Å²) in [6, 6.07) is 3.95. The maximum absolute atomic E-state index is 15.1. The molecule has 2 heterocycles. The Morgan fingerprint density at radius 2 is 1.73 bits per heavy atom. The molecule has 4 rings (SSSR count). The number of ether oxygens (including phenoxy) is 1. The first-order valence-corrected chi connectivity index (χ1v) is 12.6. The summed E-state index contributed by atoms with van der Waals surface area (Å²) in [5, 5.41) is 3.33. The van der Waals surface area contributed by atoms with Crippen LogP contribution in [0.3, 0.4) is 0 Å². The Bertz CT molecular complexity index is 1560. The van der Waals surface area contributed by atoms with Crippen LogP contribution in [0.1, 0.15) is 18.4 Å². The topological polar surface area (TPSA) is 155 Å². The Hall–Kier alpha value is -3.48. The van der Waals surface area contributed by atoms with E-state index < -0.39 is 91.6 Å². The number of hydrogen-bond donors (Lipinski definition) is 2. The van der Waals surface area contributed by atoms with Crippen molar-refractivity contribution in [3.05, 3.63) is 53.7 Å². The summed E-state index contributed by atoms with van der Waals surface area (Å²) in [6.07, 6.45) is -9.99. The number of nitrogens with zero attached hydrogens (tertiary/aromatic N) is 3. The van der Waals surface area contributed by atoms with Crippen LogP contribution in [0.5, 0.6) is 5.75 Å². The number of rotatable bonds is 5. The fourth-order valence-corrected chi connectivity index (χ4v) is 5.26. The predicted octanol–water partition coefficient (Wildman–Crippen LogP) is 3.58. The fraction of sp³-hybridized carbons (Fsp3) is 0.318. The van der Waals surface area contributed by atoms with E-state index in [0.717, 1.165) is 35.2 Å². The monoisotopic (exact) mass is 633 g/mol. The fourth-order valence-electron chi connectivity index (χ4n) is 3.70. The zero-order valence-corrected chi connectivity index (χ0v) is 22.1. The first-order chi connectivity index (χ1) is 18.3. The second kappa shape index (κ2) is 10.7. The molecule has 1 aliphatic rings. The number of sulfone groups is 1. The summed E-state index contributed by atoms with van der Waals surface area (Å²) in [5.74, 6) is -5.55. The molecule has 3 aromatic rings. The minimum atomic E-state index is -5.03. The normalized spacial score (nSPS) is 18.6. The summed E-state index contributed by atoms with van der Waals surface area (Å²) in [7, 11) is -4.38. The van der Waals surface area contributed by atoms with Crippen molar-refractivity contribution in [2.24, 2.45) is 11.5 Å². The number of anilines is 1.